The van der Waals surface area contributed by atoms with Crippen molar-refractivity contribution in [1.82, 2.24) is 10.2 Å². The van der Waals surface area contributed by atoms with Crippen LogP contribution in [0, 0.1) is 5.92 Å². The molecule has 0 bridgehead atoms. The predicted molar refractivity (Wildman–Crippen MR) is 79.8 cm³/mol. The second-order valence-corrected chi connectivity index (χ2v) is 5.36. The lowest BCUT2D eigenvalue weighted by Crippen LogP contribution is -2.51. The highest BCUT2D eigenvalue weighted by Gasteiger charge is 2.28. The maximum atomic E-state index is 12.6. The molecule has 5 heteroatoms. The Morgan fingerprint density at radius 1 is 1.20 bits per heavy atom. The lowest BCUT2D eigenvalue weighted by atomic mass is 9.93. The smallest absolute Gasteiger partial charge is 0.239 e. The highest BCUT2D eigenvalue weighted by atomic mass is 16.5. The van der Waals surface area contributed by atoms with Crippen molar-refractivity contribution in [2.75, 3.05) is 46.1 Å². The van der Waals surface area contributed by atoms with Crippen LogP contribution in [0.25, 0.3) is 0 Å². The van der Waals surface area contributed by atoms with E-state index in [1.54, 1.807) is 0 Å². The monoisotopic (exact) mass is 286 g/mol. The van der Waals surface area contributed by atoms with Gasteiger partial charge in [-0.15, -0.1) is 0 Å². The molecule has 2 unspecified atom stereocenters. The molecule has 0 aromatic rings. The molecule has 0 radical (unpaired) electrons. The number of amides is 1. The summed E-state index contributed by atoms with van der Waals surface area (Å²) >= 11 is 0. The average Bonchev–Trinajstić information content (AvgIpc) is 2.45. The molecule has 1 N–H and O–H groups in total. The fourth-order valence-electron chi connectivity index (χ4n) is 2.49. The number of hydrogen-bond donors (Lipinski definition) is 1. The summed E-state index contributed by atoms with van der Waals surface area (Å²) in [6, 6.07) is -0.0398. The van der Waals surface area contributed by atoms with Crippen molar-refractivity contribution in [3.05, 3.63) is 0 Å². The van der Waals surface area contributed by atoms with Crippen LogP contribution in [0.5, 0.6) is 0 Å². The minimum atomic E-state index is -0.0398. The molecule has 118 valence electrons. The van der Waals surface area contributed by atoms with Crippen LogP contribution in [0.3, 0.4) is 0 Å². The van der Waals surface area contributed by atoms with Gasteiger partial charge in [-0.05, 0) is 39.2 Å². The molecule has 2 atom stereocenters. The number of piperidine rings is 1. The largest absolute Gasteiger partial charge is 0.380 e. The van der Waals surface area contributed by atoms with E-state index in [4.69, 9.17) is 9.47 Å². The van der Waals surface area contributed by atoms with E-state index >= 15 is 0 Å². The van der Waals surface area contributed by atoms with Crippen LogP contribution < -0.4 is 5.32 Å². The summed E-state index contributed by atoms with van der Waals surface area (Å²) in [4.78, 5) is 14.5. The molecule has 1 heterocycles. The summed E-state index contributed by atoms with van der Waals surface area (Å²) in [5.41, 5.74) is 0. The number of rotatable bonds is 9. The first-order valence-electron chi connectivity index (χ1n) is 7.86. The first-order chi connectivity index (χ1) is 9.69. The van der Waals surface area contributed by atoms with Gasteiger partial charge in [0.05, 0.1) is 19.3 Å². The Morgan fingerprint density at radius 3 is 2.30 bits per heavy atom. The van der Waals surface area contributed by atoms with E-state index < -0.39 is 0 Å². The molecule has 1 aliphatic rings. The van der Waals surface area contributed by atoms with Gasteiger partial charge in [-0.1, -0.05) is 6.92 Å². The van der Waals surface area contributed by atoms with Gasteiger partial charge in [0.2, 0.25) is 5.91 Å². The average molecular weight is 286 g/mol. The van der Waals surface area contributed by atoms with Crippen molar-refractivity contribution in [1.29, 1.82) is 0 Å². The van der Waals surface area contributed by atoms with Crippen molar-refractivity contribution in [3.8, 4) is 0 Å². The summed E-state index contributed by atoms with van der Waals surface area (Å²) in [6.45, 7) is 10.9. The first-order valence-corrected chi connectivity index (χ1v) is 7.86. The molecular formula is C15H30N2O3. The third kappa shape index (κ3) is 6.20. The predicted octanol–water partition coefficient (Wildman–Crippen LogP) is 1.28. The third-order valence-electron chi connectivity index (χ3n) is 3.70. The van der Waals surface area contributed by atoms with Crippen LogP contribution in [0.4, 0.5) is 0 Å². The molecule has 1 amide bonds. The highest BCUT2D eigenvalue weighted by Crippen LogP contribution is 2.16. The summed E-state index contributed by atoms with van der Waals surface area (Å²) in [7, 11) is 0. The SMILES string of the molecule is CCOCCN(CCOCC)C(=O)C1CC(C)CCN1. The zero-order valence-electron chi connectivity index (χ0n) is 13.2. The van der Waals surface area contributed by atoms with Gasteiger partial charge >= 0.3 is 0 Å². The molecular weight excluding hydrogens is 256 g/mol. The van der Waals surface area contributed by atoms with Crippen LogP contribution in [0.1, 0.15) is 33.6 Å². The number of carbonyl (C=O) groups is 1. The van der Waals surface area contributed by atoms with Gasteiger partial charge in [-0.2, -0.15) is 0 Å². The van der Waals surface area contributed by atoms with Crippen LogP contribution in [-0.2, 0) is 14.3 Å². The first kappa shape index (κ1) is 17.4. The minimum Gasteiger partial charge on any atom is -0.380 e. The maximum Gasteiger partial charge on any atom is 0.239 e. The van der Waals surface area contributed by atoms with Crippen molar-refractivity contribution in [2.24, 2.45) is 5.92 Å². The maximum absolute atomic E-state index is 12.6. The molecule has 1 fully saturated rings. The lowest BCUT2D eigenvalue weighted by molar-refractivity contribution is -0.136. The Labute approximate surface area is 123 Å². The van der Waals surface area contributed by atoms with Crippen molar-refractivity contribution in [2.45, 2.75) is 39.7 Å². The van der Waals surface area contributed by atoms with Gasteiger partial charge in [-0.3, -0.25) is 4.79 Å². The molecule has 1 saturated heterocycles. The molecule has 0 spiro atoms. The summed E-state index contributed by atoms with van der Waals surface area (Å²) in [6.07, 6.45) is 2.08. The van der Waals surface area contributed by atoms with Crippen molar-refractivity contribution < 1.29 is 14.3 Å². The van der Waals surface area contributed by atoms with E-state index in [2.05, 4.69) is 12.2 Å². The normalized spacial score (nSPS) is 22.8. The van der Waals surface area contributed by atoms with E-state index in [0.29, 0.717) is 45.4 Å². The fraction of sp³-hybridized carbons (Fsp3) is 0.933. The fourth-order valence-corrected chi connectivity index (χ4v) is 2.49. The Hall–Kier alpha value is -0.650. The summed E-state index contributed by atoms with van der Waals surface area (Å²) in [5.74, 6) is 0.807. The standard InChI is InChI=1S/C15H30N2O3/c1-4-19-10-8-17(9-11-20-5-2)15(18)14-12-13(3)6-7-16-14/h13-14,16H,4-12H2,1-3H3. The Bertz CT molecular complexity index is 264. The summed E-state index contributed by atoms with van der Waals surface area (Å²) in [5, 5.41) is 3.34. The number of hydrogen-bond acceptors (Lipinski definition) is 4. The van der Waals surface area contributed by atoms with Crippen molar-refractivity contribution in [3.63, 3.8) is 0 Å². The number of nitrogens with one attached hydrogen (secondary N) is 1. The van der Waals surface area contributed by atoms with E-state index in [9.17, 15) is 4.79 Å². The highest BCUT2D eigenvalue weighted by molar-refractivity contribution is 5.82. The number of nitrogens with zero attached hydrogens (tertiary/aromatic N) is 1. The summed E-state index contributed by atoms with van der Waals surface area (Å²) < 4.78 is 10.7. The van der Waals surface area contributed by atoms with Gasteiger partial charge in [0, 0.05) is 26.3 Å². The number of carbonyl (C=O) groups excluding carboxylic acids is 1. The van der Waals surface area contributed by atoms with Crippen LogP contribution in [0.15, 0.2) is 0 Å². The number of ether oxygens (including phenoxy) is 2. The van der Waals surface area contributed by atoms with E-state index in [1.165, 1.54) is 0 Å². The second-order valence-electron chi connectivity index (χ2n) is 5.36. The van der Waals surface area contributed by atoms with E-state index in [-0.39, 0.29) is 11.9 Å². The van der Waals surface area contributed by atoms with Gasteiger partial charge in [0.25, 0.3) is 0 Å². The minimum absolute atomic E-state index is 0.0398. The van der Waals surface area contributed by atoms with Gasteiger partial charge in [0.1, 0.15) is 0 Å². The van der Waals surface area contributed by atoms with E-state index in [0.717, 1.165) is 19.4 Å². The zero-order chi connectivity index (χ0) is 14.8. The van der Waals surface area contributed by atoms with E-state index in [1.807, 2.05) is 18.7 Å². The second kappa shape index (κ2) is 10.1. The quantitative estimate of drug-likeness (QED) is 0.649. The third-order valence-corrected chi connectivity index (χ3v) is 3.70. The molecule has 5 nitrogen and oxygen atoms in total. The molecule has 0 aromatic heterocycles. The Balaban J connectivity index is 2.47. The van der Waals surface area contributed by atoms with Gasteiger partial charge < -0.3 is 19.7 Å². The Kier molecular flexibility index (Phi) is 8.82. The van der Waals surface area contributed by atoms with Crippen molar-refractivity contribution >= 4 is 5.91 Å². The van der Waals surface area contributed by atoms with Gasteiger partial charge in [0.15, 0.2) is 0 Å². The van der Waals surface area contributed by atoms with Gasteiger partial charge in [-0.25, -0.2) is 0 Å². The molecule has 20 heavy (non-hydrogen) atoms. The molecule has 0 aromatic carbocycles. The van der Waals surface area contributed by atoms with Crippen LogP contribution >= 0.6 is 0 Å². The lowest BCUT2D eigenvalue weighted by Gasteiger charge is -2.32. The molecule has 0 aliphatic carbocycles. The Morgan fingerprint density at radius 2 is 1.80 bits per heavy atom. The molecule has 0 saturated carbocycles. The molecule has 1 rings (SSSR count). The van der Waals surface area contributed by atoms with Crippen LogP contribution in [0.2, 0.25) is 0 Å². The molecule has 1 aliphatic heterocycles. The van der Waals surface area contributed by atoms with Crippen LogP contribution in [-0.4, -0.2) is 62.9 Å². The zero-order valence-corrected chi connectivity index (χ0v) is 13.2. The topological polar surface area (TPSA) is 50.8 Å².